The summed E-state index contributed by atoms with van der Waals surface area (Å²) in [6.45, 7) is 1.97. The standard InChI is InChI=1S/C18H16N6O2/c1-11-7-8-24-10-13(19-15(24)9-11)17(25)21-18-20-16(22-23-18)12-5-3-4-6-14(12)26-2/h3-10H,1-2H3,(H2,20,21,22,23,25). The highest BCUT2D eigenvalue weighted by molar-refractivity contribution is 6.02. The van der Waals surface area contributed by atoms with E-state index in [0.717, 1.165) is 11.1 Å². The van der Waals surface area contributed by atoms with Gasteiger partial charge in [-0.2, -0.15) is 4.98 Å². The Morgan fingerprint density at radius 3 is 2.92 bits per heavy atom. The molecule has 0 radical (unpaired) electrons. The fraction of sp³-hybridized carbons (Fsp3) is 0.111. The first kappa shape index (κ1) is 15.8. The van der Waals surface area contributed by atoms with Crippen LogP contribution in [0, 0.1) is 6.92 Å². The van der Waals surface area contributed by atoms with Crippen LogP contribution < -0.4 is 10.1 Å². The molecule has 26 heavy (non-hydrogen) atoms. The first-order chi connectivity index (χ1) is 12.6. The van der Waals surface area contributed by atoms with E-state index in [1.54, 1.807) is 17.7 Å². The molecule has 0 atom stereocenters. The molecule has 8 heteroatoms. The molecule has 0 fully saturated rings. The van der Waals surface area contributed by atoms with Gasteiger partial charge in [0.05, 0.1) is 12.7 Å². The molecule has 0 aliphatic rings. The van der Waals surface area contributed by atoms with Gasteiger partial charge in [0.15, 0.2) is 5.82 Å². The van der Waals surface area contributed by atoms with Crippen LogP contribution in [0.15, 0.2) is 48.8 Å². The number of hydrogen-bond donors (Lipinski definition) is 2. The van der Waals surface area contributed by atoms with E-state index in [1.807, 2.05) is 49.5 Å². The average molecular weight is 348 g/mol. The SMILES string of the molecule is COc1ccccc1-c1nc(NC(=O)c2cn3ccc(C)cc3n2)n[nH]1. The number of para-hydroxylation sites is 1. The molecule has 0 aliphatic heterocycles. The molecule has 1 amide bonds. The number of carbonyl (C=O) groups is 1. The van der Waals surface area contributed by atoms with Crippen molar-refractivity contribution in [3.05, 3.63) is 60.0 Å². The number of amides is 1. The van der Waals surface area contributed by atoms with Crippen LogP contribution in [0.4, 0.5) is 5.95 Å². The third-order valence-electron chi connectivity index (χ3n) is 3.92. The van der Waals surface area contributed by atoms with Gasteiger partial charge >= 0.3 is 0 Å². The van der Waals surface area contributed by atoms with Gasteiger partial charge in [-0.25, -0.2) is 4.98 Å². The number of nitrogens with one attached hydrogen (secondary N) is 2. The van der Waals surface area contributed by atoms with Gasteiger partial charge in [-0.15, -0.1) is 5.10 Å². The lowest BCUT2D eigenvalue weighted by Gasteiger charge is -2.04. The molecule has 4 rings (SSSR count). The number of carbonyl (C=O) groups excluding carboxylic acids is 1. The summed E-state index contributed by atoms with van der Waals surface area (Å²) in [7, 11) is 1.59. The van der Waals surface area contributed by atoms with Crippen LogP contribution in [0.5, 0.6) is 5.75 Å². The van der Waals surface area contributed by atoms with Crippen LogP contribution in [0.1, 0.15) is 16.1 Å². The van der Waals surface area contributed by atoms with Crippen molar-refractivity contribution in [1.82, 2.24) is 24.6 Å². The van der Waals surface area contributed by atoms with Crippen LogP contribution in [0.3, 0.4) is 0 Å². The molecular weight excluding hydrogens is 332 g/mol. The first-order valence-electron chi connectivity index (χ1n) is 7.96. The Bertz CT molecular complexity index is 1100. The number of aryl methyl sites for hydroxylation is 1. The molecule has 8 nitrogen and oxygen atoms in total. The highest BCUT2D eigenvalue weighted by atomic mass is 16.5. The van der Waals surface area contributed by atoms with Gasteiger partial charge in [-0.3, -0.25) is 15.2 Å². The number of hydrogen-bond acceptors (Lipinski definition) is 5. The molecule has 0 bridgehead atoms. The van der Waals surface area contributed by atoms with Crippen LogP contribution in [0.2, 0.25) is 0 Å². The lowest BCUT2D eigenvalue weighted by Crippen LogP contribution is -2.13. The van der Waals surface area contributed by atoms with Crippen molar-refractivity contribution in [3.8, 4) is 17.1 Å². The van der Waals surface area contributed by atoms with Gasteiger partial charge in [-0.05, 0) is 36.8 Å². The summed E-state index contributed by atoms with van der Waals surface area (Å²) in [5.74, 6) is 0.960. The summed E-state index contributed by atoms with van der Waals surface area (Å²) in [4.78, 5) is 21.1. The largest absolute Gasteiger partial charge is 0.496 e. The minimum atomic E-state index is -0.378. The van der Waals surface area contributed by atoms with E-state index < -0.39 is 0 Å². The summed E-state index contributed by atoms with van der Waals surface area (Å²) in [6, 6.07) is 11.3. The van der Waals surface area contributed by atoms with E-state index in [4.69, 9.17) is 4.74 Å². The molecule has 2 N–H and O–H groups in total. The van der Waals surface area contributed by atoms with Gasteiger partial charge in [0, 0.05) is 12.4 Å². The molecule has 0 spiro atoms. The van der Waals surface area contributed by atoms with Crippen LogP contribution in [-0.2, 0) is 0 Å². The van der Waals surface area contributed by atoms with Crippen LogP contribution in [0.25, 0.3) is 17.0 Å². The fourth-order valence-corrected chi connectivity index (χ4v) is 2.64. The van der Waals surface area contributed by atoms with Crippen molar-refractivity contribution in [2.24, 2.45) is 0 Å². The number of nitrogens with zero attached hydrogens (tertiary/aromatic N) is 4. The Kier molecular flexibility index (Phi) is 3.85. The van der Waals surface area contributed by atoms with E-state index in [1.165, 1.54) is 0 Å². The fourth-order valence-electron chi connectivity index (χ4n) is 2.64. The number of imidazole rings is 1. The maximum absolute atomic E-state index is 12.4. The van der Waals surface area contributed by atoms with Gasteiger partial charge in [0.1, 0.15) is 17.1 Å². The molecule has 130 valence electrons. The van der Waals surface area contributed by atoms with E-state index in [2.05, 4.69) is 25.5 Å². The monoisotopic (exact) mass is 348 g/mol. The number of H-pyrrole nitrogens is 1. The molecular formula is C18H16N6O2. The average Bonchev–Trinajstić information content (AvgIpc) is 3.28. The first-order valence-corrected chi connectivity index (χ1v) is 7.96. The molecule has 1 aromatic carbocycles. The summed E-state index contributed by atoms with van der Waals surface area (Å²) < 4.78 is 7.11. The third kappa shape index (κ3) is 2.88. The zero-order valence-corrected chi connectivity index (χ0v) is 14.2. The molecule has 0 saturated carbocycles. The van der Waals surface area contributed by atoms with Crippen molar-refractivity contribution in [2.75, 3.05) is 12.4 Å². The second-order valence-corrected chi connectivity index (χ2v) is 5.76. The number of pyridine rings is 1. The summed E-state index contributed by atoms with van der Waals surface area (Å²) >= 11 is 0. The topological polar surface area (TPSA) is 97.2 Å². The van der Waals surface area contributed by atoms with Crippen molar-refractivity contribution >= 4 is 17.5 Å². The maximum Gasteiger partial charge on any atom is 0.278 e. The van der Waals surface area contributed by atoms with E-state index in [0.29, 0.717) is 22.9 Å². The van der Waals surface area contributed by atoms with Gasteiger partial charge in [-0.1, -0.05) is 12.1 Å². The number of rotatable bonds is 4. The lowest BCUT2D eigenvalue weighted by atomic mass is 10.2. The summed E-state index contributed by atoms with van der Waals surface area (Å²) in [6.07, 6.45) is 3.53. The second kappa shape index (κ2) is 6.32. The second-order valence-electron chi connectivity index (χ2n) is 5.76. The quantitative estimate of drug-likeness (QED) is 0.591. The zero-order chi connectivity index (χ0) is 18.1. The Balaban J connectivity index is 1.57. The van der Waals surface area contributed by atoms with Crippen molar-refractivity contribution < 1.29 is 9.53 Å². The van der Waals surface area contributed by atoms with Crippen LogP contribution in [-0.4, -0.2) is 37.6 Å². The molecule has 3 aromatic heterocycles. The Hall–Kier alpha value is -3.68. The number of ether oxygens (including phenoxy) is 1. The zero-order valence-electron chi connectivity index (χ0n) is 14.2. The minimum Gasteiger partial charge on any atom is -0.496 e. The molecule has 0 aliphatic carbocycles. The lowest BCUT2D eigenvalue weighted by molar-refractivity contribution is 0.102. The van der Waals surface area contributed by atoms with E-state index in [9.17, 15) is 4.79 Å². The number of methoxy groups -OCH3 is 1. The maximum atomic E-state index is 12.4. The van der Waals surface area contributed by atoms with Gasteiger partial charge in [0.2, 0.25) is 5.95 Å². The summed E-state index contributed by atoms with van der Waals surface area (Å²) in [5.41, 5.74) is 2.83. The van der Waals surface area contributed by atoms with Gasteiger partial charge in [0.25, 0.3) is 5.91 Å². The predicted molar refractivity (Wildman–Crippen MR) is 96.3 cm³/mol. The van der Waals surface area contributed by atoms with E-state index >= 15 is 0 Å². The molecule has 0 saturated heterocycles. The van der Waals surface area contributed by atoms with E-state index in [-0.39, 0.29) is 11.9 Å². The normalized spacial score (nSPS) is 10.8. The highest BCUT2D eigenvalue weighted by Crippen LogP contribution is 2.27. The molecule has 0 unspecified atom stereocenters. The number of benzene rings is 1. The predicted octanol–water partition coefficient (Wildman–Crippen LogP) is 2.69. The number of fused-ring (bicyclic) bond motifs is 1. The molecule has 3 heterocycles. The highest BCUT2D eigenvalue weighted by Gasteiger charge is 2.15. The third-order valence-corrected chi connectivity index (χ3v) is 3.92. The minimum absolute atomic E-state index is 0.171. The van der Waals surface area contributed by atoms with Crippen LogP contribution >= 0.6 is 0 Å². The Labute approximate surface area is 148 Å². The Morgan fingerprint density at radius 2 is 2.08 bits per heavy atom. The smallest absolute Gasteiger partial charge is 0.278 e. The number of aromatic amines is 1. The number of anilines is 1. The van der Waals surface area contributed by atoms with Gasteiger partial charge < -0.3 is 9.14 Å². The Morgan fingerprint density at radius 1 is 1.23 bits per heavy atom. The van der Waals surface area contributed by atoms with Crippen molar-refractivity contribution in [3.63, 3.8) is 0 Å². The number of aromatic nitrogens is 5. The summed E-state index contributed by atoms with van der Waals surface area (Å²) in [5, 5.41) is 9.50. The molecule has 4 aromatic rings. The van der Waals surface area contributed by atoms with Crippen molar-refractivity contribution in [2.45, 2.75) is 6.92 Å². The van der Waals surface area contributed by atoms with Crippen molar-refractivity contribution in [1.29, 1.82) is 0 Å².